The van der Waals surface area contributed by atoms with E-state index in [1.54, 1.807) is 0 Å². The van der Waals surface area contributed by atoms with E-state index < -0.39 is 0 Å². The largest absolute Gasteiger partial charge is 0.352 e. The molecule has 1 saturated heterocycles. The van der Waals surface area contributed by atoms with Crippen molar-refractivity contribution in [1.29, 1.82) is 0 Å². The Balaban J connectivity index is 2.30. The predicted molar refractivity (Wildman–Crippen MR) is 66.1 cm³/mol. The molecule has 0 radical (unpaired) electrons. The molecule has 4 nitrogen and oxygen atoms in total. The van der Waals surface area contributed by atoms with Gasteiger partial charge in [-0.25, -0.2) is 0 Å². The number of hydrogen-bond donors (Lipinski definition) is 2. The lowest BCUT2D eigenvalue weighted by Crippen LogP contribution is -2.43. The molecule has 2 unspecified atom stereocenters. The summed E-state index contributed by atoms with van der Waals surface area (Å²) in [6, 6.07) is 0.165. The van der Waals surface area contributed by atoms with Crippen LogP contribution in [0, 0.1) is 5.92 Å². The number of likely N-dealkylation sites (tertiary alicyclic amines) is 1. The highest BCUT2D eigenvalue weighted by Gasteiger charge is 2.27. The number of carbonyl (C=O) groups is 1. The first kappa shape index (κ1) is 13.5. The molecule has 4 heteroatoms. The fourth-order valence-corrected chi connectivity index (χ4v) is 2.17. The Hall–Kier alpha value is -0.610. The Bertz CT molecular complexity index is 220. The minimum atomic E-state index is 0.165. The van der Waals surface area contributed by atoms with E-state index in [9.17, 15) is 4.79 Å². The third kappa shape index (κ3) is 4.10. The average molecular weight is 227 g/mol. The molecule has 2 atom stereocenters. The van der Waals surface area contributed by atoms with Crippen molar-refractivity contribution >= 4 is 5.91 Å². The van der Waals surface area contributed by atoms with Gasteiger partial charge >= 0.3 is 0 Å². The highest BCUT2D eigenvalue weighted by atomic mass is 16.2. The molecule has 0 saturated carbocycles. The maximum atomic E-state index is 11.9. The van der Waals surface area contributed by atoms with Crippen LogP contribution in [0.2, 0.25) is 0 Å². The van der Waals surface area contributed by atoms with Gasteiger partial charge in [-0.3, -0.25) is 4.79 Å². The average Bonchev–Trinajstić information content (AvgIpc) is 2.70. The van der Waals surface area contributed by atoms with E-state index in [1.165, 1.54) is 0 Å². The number of nitrogens with zero attached hydrogens (tertiary/aromatic N) is 1. The maximum absolute atomic E-state index is 11.9. The van der Waals surface area contributed by atoms with Crippen LogP contribution < -0.4 is 11.1 Å². The SMILES string of the molecule is CCCCC(CN)NC(=O)C1CCN(C)C1. The van der Waals surface area contributed by atoms with Crippen LogP contribution >= 0.6 is 0 Å². The van der Waals surface area contributed by atoms with Gasteiger partial charge in [0.25, 0.3) is 0 Å². The molecule has 1 aliphatic heterocycles. The predicted octanol–water partition coefficient (Wildman–Crippen LogP) is 0.572. The summed E-state index contributed by atoms with van der Waals surface area (Å²) in [6.45, 7) is 4.62. The van der Waals surface area contributed by atoms with E-state index in [1.807, 2.05) is 0 Å². The minimum absolute atomic E-state index is 0.165. The molecule has 3 N–H and O–H groups in total. The second kappa shape index (κ2) is 6.86. The van der Waals surface area contributed by atoms with Crippen LogP contribution in [0.1, 0.15) is 32.6 Å². The van der Waals surface area contributed by atoms with Gasteiger partial charge in [0.2, 0.25) is 5.91 Å². The van der Waals surface area contributed by atoms with Gasteiger partial charge < -0.3 is 16.0 Å². The summed E-state index contributed by atoms with van der Waals surface area (Å²) in [6.07, 6.45) is 4.26. The standard InChI is InChI=1S/C12H25N3O/c1-3-4-5-11(8-13)14-12(16)10-6-7-15(2)9-10/h10-11H,3-9,13H2,1-2H3,(H,14,16). The van der Waals surface area contributed by atoms with Crippen molar-refractivity contribution in [2.75, 3.05) is 26.7 Å². The van der Waals surface area contributed by atoms with E-state index in [-0.39, 0.29) is 17.9 Å². The van der Waals surface area contributed by atoms with Gasteiger partial charge in [-0.2, -0.15) is 0 Å². The van der Waals surface area contributed by atoms with E-state index in [0.717, 1.165) is 38.8 Å². The van der Waals surface area contributed by atoms with Gasteiger partial charge in [0.05, 0.1) is 5.92 Å². The molecule has 0 spiro atoms. The number of nitrogens with one attached hydrogen (secondary N) is 1. The number of carbonyl (C=O) groups excluding carboxylic acids is 1. The number of unbranched alkanes of at least 4 members (excludes halogenated alkanes) is 1. The Kier molecular flexibility index (Phi) is 5.77. The Morgan fingerprint density at radius 3 is 2.88 bits per heavy atom. The molecular weight excluding hydrogens is 202 g/mol. The molecule has 1 aliphatic rings. The quantitative estimate of drug-likeness (QED) is 0.697. The van der Waals surface area contributed by atoms with E-state index in [4.69, 9.17) is 5.73 Å². The van der Waals surface area contributed by atoms with E-state index >= 15 is 0 Å². The van der Waals surface area contributed by atoms with Crippen molar-refractivity contribution in [2.24, 2.45) is 11.7 Å². The normalized spacial score (nSPS) is 23.3. The highest BCUT2D eigenvalue weighted by Crippen LogP contribution is 2.14. The van der Waals surface area contributed by atoms with Crippen LogP contribution in [0.5, 0.6) is 0 Å². The summed E-state index contributed by atoms with van der Waals surface area (Å²) in [5.41, 5.74) is 5.66. The lowest BCUT2D eigenvalue weighted by Gasteiger charge is -2.19. The van der Waals surface area contributed by atoms with Crippen LogP contribution in [0.25, 0.3) is 0 Å². The van der Waals surface area contributed by atoms with Crippen molar-refractivity contribution in [3.63, 3.8) is 0 Å². The third-order valence-corrected chi connectivity index (χ3v) is 3.30. The first-order chi connectivity index (χ1) is 7.67. The zero-order valence-electron chi connectivity index (χ0n) is 10.5. The van der Waals surface area contributed by atoms with Gasteiger partial charge in [0.1, 0.15) is 0 Å². The fraction of sp³-hybridized carbons (Fsp3) is 0.917. The number of amides is 1. The monoisotopic (exact) mass is 227 g/mol. The summed E-state index contributed by atoms with van der Waals surface area (Å²) < 4.78 is 0. The molecule has 0 bridgehead atoms. The lowest BCUT2D eigenvalue weighted by molar-refractivity contribution is -0.125. The molecule has 16 heavy (non-hydrogen) atoms. The van der Waals surface area contributed by atoms with Gasteiger partial charge in [0, 0.05) is 19.1 Å². The Morgan fingerprint density at radius 2 is 2.38 bits per heavy atom. The van der Waals surface area contributed by atoms with Gasteiger partial charge in [-0.05, 0) is 26.4 Å². The number of nitrogens with two attached hydrogens (primary N) is 1. The second-order valence-corrected chi connectivity index (χ2v) is 4.83. The van der Waals surface area contributed by atoms with Gasteiger partial charge in [-0.1, -0.05) is 19.8 Å². The summed E-state index contributed by atoms with van der Waals surface area (Å²) in [5.74, 6) is 0.358. The second-order valence-electron chi connectivity index (χ2n) is 4.83. The Morgan fingerprint density at radius 1 is 1.62 bits per heavy atom. The fourth-order valence-electron chi connectivity index (χ4n) is 2.17. The molecule has 1 heterocycles. The first-order valence-corrected chi connectivity index (χ1v) is 6.36. The van der Waals surface area contributed by atoms with Crippen molar-refractivity contribution in [2.45, 2.75) is 38.6 Å². The molecular formula is C12H25N3O. The molecule has 0 aromatic rings. The molecule has 0 aromatic heterocycles. The van der Waals surface area contributed by atoms with Crippen LogP contribution in [0.15, 0.2) is 0 Å². The smallest absolute Gasteiger partial charge is 0.224 e. The lowest BCUT2D eigenvalue weighted by atomic mass is 10.1. The zero-order chi connectivity index (χ0) is 12.0. The molecule has 1 amide bonds. The number of rotatable bonds is 6. The molecule has 94 valence electrons. The van der Waals surface area contributed by atoms with Crippen molar-refractivity contribution in [3.8, 4) is 0 Å². The summed E-state index contributed by atoms with van der Waals surface area (Å²) in [4.78, 5) is 14.1. The topological polar surface area (TPSA) is 58.4 Å². The third-order valence-electron chi connectivity index (χ3n) is 3.30. The Labute approximate surface area is 98.6 Å². The minimum Gasteiger partial charge on any atom is -0.352 e. The van der Waals surface area contributed by atoms with Gasteiger partial charge in [0.15, 0.2) is 0 Å². The number of hydrogen-bond acceptors (Lipinski definition) is 3. The van der Waals surface area contributed by atoms with Crippen LogP contribution in [0.4, 0.5) is 0 Å². The van der Waals surface area contributed by atoms with Crippen molar-refractivity contribution < 1.29 is 4.79 Å². The van der Waals surface area contributed by atoms with Crippen molar-refractivity contribution in [1.82, 2.24) is 10.2 Å². The first-order valence-electron chi connectivity index (χ1n) is 6.36. The van der Waals surface area contributed by atoms with Crippen molar-refractivity contribution in [3.05, 3.63) is 0 Å². The maximum Gasteiger partial charge on any atom is 0.224 e. The summed E-state index contributed by atoms with van der Waals surface area (Å²) >= 11 is 0. The van der Waals surface area contributed by atoms with E-state index in [0.29, 0.717) is 6.54 Å². The van der Waals surface area contributed by atoms with E-state index in [2.05, 4.69) is 24.2 Å². The zero-order valence-corrected chi connectivity index (χ0v) is 10.5. The van der Waals surface area contributed by atoms with Crippen LogP contribution in [0.3, 0.4) is 0 Å². The van der Waals surface area contributed by atoms with Crippen LogP contribution in [-0.4, -0.2) is 43.5 Å². The molecule has 0 aromatic carbocycles. The highest BCUT2D eigenvalue weighted by molar-refractivity contribution is 5.79. The summed E-state index contributed by atoms with van der Waals surface area (Å²) in [7, 11) is 2.06. The van der Waals surface area contributed by atoms with Gasteiger partial charge in [-0.15, -0.1) is 0 Å². The molecule has 1 rings (SSSR count). The summed E-state index contributed by atoms with van der Waals surface area (Å²) in [5, 5.41) is 3.07. The molecule has 0 aliphatic carbocycles. The van der Waals surface area contributed by atoms with Crippen LogP contribution in [-0.2, 0) is 4.79 Å². The molecule has 1 fully saturated rings.